The zero-order valence-electron chi connectivity index (χ0n) is 9.90. The Kier molecular flexibility index (Phi) is 3.86. The number of thiazole rings is 1. The summed E-state index contributed by atoms with van der Waals surface area (Å²) in [5, 5.41) is 3.26. The van der Waals surface area contributed by atoms with Crippen LogP contribution in [-0.2, 0) is 6.42 Å². The zero-order valence-corrected chi connectivity index (χ0v) is 10.7. The Hall–Kier alpha value is -1.26. The molecule has 1 atom stereocenters. The van der Waals surface area contributed by atoms with Gasteiger partial charge in [0.1, 0.15) is 5.82 Å². The Morgan fingerprint density at radius 1 is 1.47 bits per heavy atom. The highest BCUT2D eigenvalue weighted by atomic mass is 32.1. The van der Waals surface area contributed by atoms with E-state index in [9.17, 15) is 4.39 Å². The lowest BCUT2D eigenvalue weighted by molar-refractivity contribution is 0.586. The van der Waals surface area contributed by atoms with Crippen LogP contribution in [0.3, 0.4) is 0 Å². The minimum Gasteiger partial charge on any atom is -0.313 e. The fourth-order valence-corrected chi connectivity index (χ4v) is 2.46. The molecule has 1 N–H and O–H groups in total. The molecule has 0 radical (unpaired) electrons. The zero-order chi connectivity index (χ0) is 12.3. The summed E-state index contributed by atoms with van der Waals surface area (Å²) >= 11 is 1.64. The maximum absolute atomic E-state index is 13.2. The maximum atomic E-state index is 13.2. The van der Waals surface area contributed by atoms with E-state index in [0.717, 1.165) is 12.0 Å². The summed E-state index contributed by atoms with van der Waals surface area (Å²) in [6.45, 7) is 1.79. The highest BCUT2D eigenvalue weighted by molar-refractivity contribution is 7.09. The topological polar surface area (TPSA) is 24.9 Å². The second kappa shape index (κ2) is 5.38. The van der Waals surface area contributed by atoms with Gasteiger partial charge < -0.3 is 5.32 Å². The van der Waals surface area contributed by atoms with Gasteiger partial charge in [-0.1, -0.05) is 12.1 Å². The predicted octanol–water partition coefficient (Wildman–Crippen LogP) is 3.09. The van der Waals surface area contributed by atoms with Crippen molar-refractivity contribution in [1.29, 1.82) is 0 Å². The van der Waals surface area contributed by atoms with Crippen molar-refractivity contribution in [3.8, 4) is 0 Å². The van der Waals surface area contributed by atoms with Gasteiger partial charge in [0.25, 0.3) is 0 Å². The van der Waals surface area contributed by atoms with E-state index in [1.807, 2.05) is 30.9 Å². The minimum atomic E-state index is -0.151. The molecular weight excluding hydrogens is 235 g/mol. The number of nitrogens with zero attached hydrogens (tertiary/aromatic N) is 1. The smallest absolute Gasteiger partial charge is 0.126 e. The summed E-state index contributed by atoms with van der Waals surface area (Å²) in [6.07, 6.45) is 2.76. The van der Waals surface area contributed by atoms with Gasteiger partial charge >= 0.3 is 0 Å². The molecule has 0 aliphatic rings. The van der Waals surface area contributed by atoms with Gasteiger partial charge in [0.15, 0.2) is 0 Å². The van der Waals surface area contributed by atoms with Gasteiger partial charge in [-0.25, -0.2) is 4.39 Å². The van der Waals surface area contributed by atoms with Gasteiger partial charge in [-0.15, -0.1) is 11.3 Å². The van der Waals surface area contributed by atoms with E-state index >= 15 is 0 Å². The van der Waals surface area contributed by atoms with Crippen LogP contribution in [-0.4, -0.2) is 12.0 Å². The van der Waals surface area contributed by atoms with E-state index in [2.05, 4.69) is 10.3 Å². The van der Waals surface area contributed by atoms with Gasteiger partial charge in [0, 0.05) is 23.5 Å². The van der Waals surface area contributed by atoms with Crippen molar-refractivity contribution in [2.45, 2.75) is 19.4 Å². The quantitative estimate of drug-likeness (QED) is 0.902. The number of rotatable bonds is 4. The molecule has 1 aromatic carbocycles. The first-order chi connectivity index (χ1) is 8.20. The number of nitrogens with one attached hydrogen (secondary N) is 1. The van der Waals surface area contributed by atoms with Crippen LogP contribution in [0.1, 0.15) is 22.0 Å². The van der Waals surface area contributed by atoms with Gasteiger partial charge in [0.05, 0.1) is 5.51 Å². The number of likely N-dealkylation sites (N-methyl/N-ethyl adjacent to an activating group) is 1. The predicted molar refractivity (Wildman–Crippen MR) is 68.8 cm³/mol. The fourth-order valence-electron chi connectivity index (χ4n) is 1.82. The van der Waals surface area contributed by atoms with E-state index in [1.54, 1.807) is 18.3 Å². The van der Waals surface area contributed by atoms with Crippen molar-refractivity contribution in [3.05, 3.63) is 51.7 Å². The van der Waals surface area contributed by atoms with Gasteiger partial charge in [-0.05, 0) is 31.2 Å². The SMILES string of the molecule is CNC(Cc1cncs1)c1ccc(F)c(C)c1. The molecule has 0 aliphatic heterocycles. The summed E-state index contributed by atoms with van der Waals surface area (Å²) in [5.41, 5.74) is 3.63. The molecule has 0 spiro atoms. The Morgan fingerprint density at radius 2 is 2.29 bits per heavy atom. The monoisotopic (exact) mass is 250 g/mol. The molecule has 0 amide bonds. The number of hydrogen-bond donors (Lipinski definition) is 1. The van der Waals surface area contributed by atoms with Crippen LogP contribution in [0.2, 0.25) is 0 Å². The average molecular weight is 250 g/mol. The maximum Gasteiger partial charge on any atom is 0.126 e. The van der Waals surface area contributed by atoms with Crippen molar-refractivity contribution in [2.75, 3.05) is 7.05 Å². The van der Waals surface area contributed by atoms with Crippen molar-refractivity contribution < 1.29 is 4.39 Å². The Balaban J connectivity index is 2.20. The standard InChI is InChI=1S/C13H15FN2S/c1-9-5-10(3-4-12(9)14)13(15-2)6-11-7-16-8-17-11/h3-5,7-8,13,15H,6H2,1-2H3. The Labute approximate surface area is 105 Å². The first kappa shape index (κ1) is 12.2. The molecule has 0 saturated carbocycles. The summed E-state index contributed by atoms with van der Waals surface area (Å²) in [5.74, 6) is -0.151. The molecule has 1 heterocycles. The molecule has 0 fully saturated rings. The average Bonchev–Trinajstić information content (AvgIpc) is 2.82. The Morgan fingerprint density at radius 3 is 2.88 bits per heavy atom. The van der Waals surface area contributed by atoms with E-state index in [1.165, 1.54) is 10.9 Å². The second-order valence-corrected chi connectivity index (χ2v) is 4.99. The molecular formula is C13H15FN2S. The van der Waals surface area contributed by atoms with Crippen LogP contribution < -0.4 is 5.32 Å². The van der Waals surface area contributed by atoms with E-state index < -0.39 is 0 Å². The molecule has 0 saturated heterocycles. The first-order valence-corrected chi connectivity index (χ1v) is 6.39. The van der Waals surface area contributed by atoms with Gasteiger partial charge in [-0.2, -0.15) is 0 Å². The molecule has 90 valence electrons. The van der Waals surface area contributed by atoms with Crippen LogP contribution in [0.15, 0.2) is 29.9 Å². The molecule has 0 bridgehead atoms. The van der Waals surface area contributed by atoms with Crippen LogP contribution in [0.25, 0.3) is 0 Å². The number of halogens is 1. The second-order valence-electron chi connectivity index (χ2n) is 4.02. The third kappa shape index (κ3) is 2.90. The largest absolute Gasteiger partial charge is 0.313 e. The summed E-state index contributed by atoms with van der Waals surface area (Å²) in [6, 6.07) is 5.47. The number of aromatic nitrogens is 1. The Bertz CT molecular complexity index is 482. The van der Waals surface area contributed by atoms with Crippen molar-refractivity contribution >= 4 is 11.3 Å². The van der Waals surface area contributed by atoms with Gasteiger partial charge in [-0.3, -0.25) is 4.98 Å². The van der Waals surface area contributed by atoms with E-state index in [4.69, 9.17) is 0 Å². The first-order valence-electron chi connectivity index (χ1n) is 5.51. The molecule has 2 nitrogen and oxygen atoms in total. The normalized spacial score (nSPS) is 12.6. The van der Waals surface area contributed by atoms with E-state index in [-0.39, 0.29) is 11.9 Å². The van der Waals surface area contributed by atoms with Crippen molar-refractivity contribution in [2.24, 2.45) is 0 Å². The fraction of sp³-hybridized carbons (Fsp3) is 0.308. The van der Waals surface area contributed by atoms with E-state index in [0.29, 0.717) is 5.56 Å². The number of aryl methyl sites for hydroxylation is 1. The lowest BCUT2D eigenvalue weighted by Gasteiger charge is -2.16. The molecule has 0 aliphatic carbocycles. The number of benzene rings is 1. The van der Waals surface area contributed by atoms with Crippen molar-refractivity contribution in [1.82, 2.24) is 10.3 Å². The van der Waals surface area contributed by atoms with Gasteiger partial charge in [0.2, 0.25) is 0 Å². The third-order valence-corrected chi connectivity index (χ3v) is 3.62. The molecule has 4 heteroatoms. The molecule has 17 heavy (non-hydrogen) atoms. The highest BCUT2D eigenvalue weighted by Crippen LogP contribution is 2.21. The highest BCUT2D eigenvalue weighted by Gasteiger charge is 2.12. The molecule has 2 rings (SSSR count). The van der Waals surface area contributed by atoms with Crippen LogP contribution >= 0.6 is 11.3 Å². The third-order valence-electron chi connectivity index (χ3n) is 2.82. The minimum absolute atomic E-state index is 0.151. The molecule has 1 aromatic heterocycles. The summed E-state index contributed by atoms with van der Waals surface area (Å²) < 4.78 is 13.2. The molecule has 2 aromatic rings. The lowest BCUT2D eigenvalue weighted by Crippen LogP contribution is -2.18. The lowest BCUT2D eigenvalue weighted by atomic mass is 10.0. The van der Waals surface area contributed by atoms with Crippen LogP contribution in [0, 0.1) is 12.7 Å². The van der Waals surface area contributed by atoms with Crippen LogP contribution in [0.5, 0.6) is 0 Å². The summed E-state index contributed by atoms with van der Waals surface area (Å²) in [7, 11) is 1.92. The number of hydrogen-bond acceptors (Lipinski definition) is 3. The summed E-state index contributed by atoms with van der Waals surface area (Å²) in [4.78, 5) is 5.29. The van der Waals surface area contributed by atoms with Crippen LogP contribution in [0.4, 0.5) is 4.39 Å². The molecule has 1 unspecified atom stereocenters. The van der Waals surface area contributed by atoms with Crippen molar-refractivity contribution in [3.63, 3.8) is 0 Å².